The lowest BCUT2D eigenvalue weighted by atomic mass is 10.2. The highest BCUT2D eigenvalue weighted by Gasteiger charge is 2.22. The number of hydrogen-bond donors (Lipinski definition) is 1. The maximum Gasteiger partial charge on any atom is 0.339 e. The first kappa shape index (κ1) is 20.6. The molecular weight excluding hydrogens is 370 g/mol. The van der Waals surface area contributed by atoms with Gasteiger partial charge < -0.3 is 19.5 Å². The molecule has 0 radical (unpaired) electrons. The van der Waals surface area contributed by atoms with Gasteiger partial charge in [-0.25, -0.2) is 4.79 Å². The highest BCUT2D eigenvalue weighted by Crippen LogP contribution is 2.36. The number of rotatable bonds is 8. The smallest absolute Gasteiger partial charge is 0.339 e. The Morgan fingerprint density at radius 3 is 2.52 bits per heavy atom. The van der Waals surface area contributed by atoms with E-state index in [1.807, 2.05) is 13.0 Å². The molecule has 0 unspecified atom stereocenters. The van der Waals surface area contributed by atoms with Gasteiger partial charge in [0.05, 0.1) is 24.3 Å². The summed E-state index contributed by atoms with van der Waals surface area (Å²) >= 11 is 6.21. The van der Waals surface area contributed by atoms with E-state index in [1.165, 1.54) is 26.2 Å². The summed E-state index contributed by atoms with van der Waals surface area (Å²) in [6.45, 7) is 3.93. The number of anilines is 1. The number of amides is 1. The van der Waals surface area contributed by atoms with Gasteiger partial charge in [0.2, 0.25) is 0 Å². The van der Waals surface area contributed by atoms with E-state index in [0.29, 0.717) is 23.8 Å². The summed E-state index contributed by atoms with van der Waals surface area (Å²) in [6, 6.07) is 11.8. The summed E-state index contributed by atoms with van der Waals surface area (Å²) < 4.78 is 16.0. The summed E-state index contributed by atoms with van der Waals surface area (Å²) in [5, 5.41) is 2.91. The van der Waals surface area contributed by atoms with E-state index in [1.54, 1.807) is 24.3 Å². The number of benzene rings is 2. The van der Waals surface area contributed by atoms with Gasteiger partial charge in [0, 0.05) is 5.69 Å². The topological polar surface area (TPSA) is 73.9 Å². The first-order valence-corrected chi connectivity index (χ1v) is 8.91. The van der Waals surface area contributed by atoms with Crippen LogP contribution in [0.5, 0.6) is 11.5 Å². The van der Waals surface area contributed by atoms with Crippen LogP contribution < -0.4 is 14.8 Å². The van der Waals surface area contributed by atoms with E-state index in [0.717, 1.165) is 6.42 Å². The molecule has 1 amide bonds. The largest absolute Gasteiger partial charge is 0.493 e. The van der Waals surface area contributed by atoms with Gasteiger partial charge in [-0.1, -0.05) is 36.7 Å². The highest BCUT2D eigenvalue weighted by atomic mass is 35.5. The van der Waals surface area contributed by atoms with E-state index in [4.69, 9.17) is 25.8 Å². The Labute approximate surface area is 163 Å². The molecule has 1 N–H and O–H groups in total. The molecule has 0 aliphatic rings. The second kappa shape index (κ2) is 9.83. The van der Waals surface area contributed by atoms with Crippen molar-refractivity contribution in [3.63, 3.8) is 0 Å². The molecule has 0 spiro atoms. The van der Waals surface area contributed by atoms with Gasteiger partial charge in [0.25, 0.3) is 5.91 Å². The van der Waals surface area contributed by atoms with Crippen molar-refractivity contribution in [2.24, 2.45) is 0 Å². The predicted octanol–water partition coefficient (Wildman–Crippen LogP) is 4.32. The predicted molar refractivity (Wildman–Crippen MR) is 104 cm³/mol. The van der Waals surface area contributed by atoms with Gasteiger partial charge in [-0.2, -0.15) is 0 Å². The Hall–Kier alpha value is -2.73. The Bertz CT molecular complexity index is 794. The number of carbonyl (C=O) groups excluding carboxylic acids is 2. The molecule has 144 valence electrons. The number of para-hydroxylation sites is 1. The summed E-state index contributed by atoms with van der Waals surface area (Å²) in [5.74, 6) is -0.430. The number of nitrogens with one attached hydrogen (secondary N) is 1. The standard InChI is InChI=1S/C20H22ClNO5/c1-4-10-26-18-16(21)11-14(12-17(18)25-3)20(24)27-13(2)19(23)22-15-8-6-5-7-9-15/h5-9,11-13H,4,10H2,1-3H3,(H,22,23)/t13-/m1/s1. The van der Waals surface area contributed by atoms with Crippen molar-refractivity contribution in [3.05, 3.63) is 53.1 Å². The van der Waals surface area contributed by atoms with Crippen molar-refractivity contribution in [3.8, 4) is 11.5 Å². The zero-order valence-electron chi connectivity index (χ0n) is 15.5. The van der Waals surface area contributed by atoms with Crippen molar-refractivity contribution in [2.45, 2.75) is 26.4 Å². The molecular formula is C20H22ClNO5. The van der Waals surface area contributed by atoms with Crippen LogP contribution >= 0.6 is 11.6 Å². The van der Waals surface area contributed by atoms with E-state index in [-0.39, 0.29) is 10.6 Å². The van der Waals surface area contributed by atoms with Crippen LogP contribution in [0.1, 0.15) is 30.6 Å². The molecule has 0 aromatic heterocycles. The van der Waals surface area contributed by atoms with Crippen molar-refractivity contribution in [2.75, 3.05) is 19.0 Å². The normalized spacial score (nSPS) is 11.4. The average molecular weight is 392 g/mol. The lowest BCUT2D eigenvalue weighted by Gasteiger charge is -2.16. The molecule has 0 aliphatic heterocycles. The van der Waals surface area contributed by atoms with Gasteiger partial charge in [-0.05, 0) is 37.6 Å². The van der Waals surface area contributed by atoms with Crippen LogP contribution in [0.2, 0.25) is 5.02 Å². The minimum atomic E-state index is -0.988. The summed E-state index contributed by atoms with van der Waals surface area (Å²) in [4.78, 5) is 24.6. The fraction of sp³-hybridized carbons (Fsp3) is 0.300. The minimum Gasteiger partial charge on any atom is -0.493 e. The summed E-state index contributed by atoms with van der Waals surface area (Å²) in [7, 11) is 1.45. The van der Waals surface area contributed by atoms with Crippen LogP contribution in [0.15, 0.2) is 42.5 Å². The lowest BCUT2D eigenvalue weighted by Crippen LogP contribution is -2.30. The molecule has 7 heteroatoms. The van der Waals surface area contributed by atoms with Gasteiger partial charge in [0.1, 0.15) is 0 Å². The number of esters is 1. The van der Waals surface area contributed by atoms with Crippen molar-refractivity contribution >= 4 is 29.2 Å². The van der Waals surface area contributed by atoms with Crippen molar-refractivity contribution in [1.82, 2.24) is 0 Å². The van der Waals surface area contributed by atoms with Crippen LogP contribution in [0.4, 0.5) is 5.69 Å². The third-order valence-corrected chi connectivity index (χ3v) is 3.89. The maximum absolute atomic E-state index is 12.4. The highest BCUT2D eigenvalue weighted by molar-refractivity contribution is 6.32. The fourth-order valence-corrected chi connectivity index (χ4v) is 2.49. The van der Waals surface area contributed by atoms with Crippen LogP contribution in [-0.2, 0) is 9.53 Å². The molecule has 27 heavy (non-hydrogen) atoms. The van der Waals surface area contributed by atoms with E-state index < -0.39 is 18.0 Å². The molecule has 0 bridgehead atoms. The number of halogens is 1. The minimum absolute atomic E-state index is 0.167. The van der Waals surface area contributed by atoms with Crippen LogP contribution in [0, 0.1) is 0 Å². The van der Waals surface area contributed by atoms with Gasteiger partial charge in [-0.15, -0.1) is 0 Å². The SMILES string of the molecule is CCCOc1c(Cl)cc(C(=O)O[C@H](C)C(=O)Nc2ccccc2)cc1OC. The molecule has 0 saturated carbocycles. The molecule has 2 aromatic rings. The van der Waals surface area contributed by atoms with Gasteiger partial charge in [-0.3, -0.25) is 4.79 Å². The molecule has 6 nitrogen and oxygen atoms in total. The van der Waals surface area contributed by atoms with Gasteiger partial charge in [0.15, 0.2) is 17.6 Å². The van der Waals surface area contributed by atoms with Crippen molar-refractivity contribution < 1.29 is 23.8 Å². The molecule has 0 heterocycles. The second-order valence-electron chi connectivity index (χ2n) is 5.74. The van der Waals surface area contributed by atoms with Crippen LogP contribution in [-0.4, -0.2) is 31.7 Å². The van der Waals surface area contributed by atoms with Gasteiger partial charge >= 0.3 is 5.97 Å². The number of methoxy groups -OCH3 is 1. The average Bonchev–Trinajstić information content (AvgIpc) is 2.67. The molecule has 0 saturated heterocycles. The second-order valence-corrected chi connectivity index (χ2v) is 6.15. The zero-order valence-corrected chi connectivity index (χ0v) is 16.2. The van der Waals surface area contributed by atoms with Crippen LogP contribution in [0.3, 0.4) is 0 Å². The quantitative estimate of drug-likeness (QED) is 0.678. The third kappa shape index (κ3) is 5.62. The lowest BCUT2D eigenvalue weighted by molar-refractivity contribution is -0.123. The Kier molecular flexibility index (Phi) is 7.49. The molecule has 1 atom stereocenters. The summed E-state index contributed by atoms with van der Waals surface area (Å²) in [6.07, 6.45) is -0.185. The number of carbonyl (C=O) groups is 2. The Morgan fingerprint density at radius 1 is 1.19 bits per heavy atom. The molecule has 2 rings (SSSR count). The number of hydrogen-bond acceptors (Lipinski definition) is 5. The van der Waals surface area contributed by atoms with E-state index in [2.05, 4.69) is 5.32 Å². The Morgan fingerprint density at radius 2 is 1.89 bits per heavy atom. The molecule has 2 aromatic carbocycles. The third-order valence-electron chi connectivity index (χ3n) is 3.61. The van der Waals surface area contributed by atoms with E-state index >= 15 is 0 Å². The molecule has 0 aliphatic carbocycles. The summed E-state index contributed by atoms with van der Waals surface area (Å²) in [5.41, 5.74) is 0.785. The zero-order chi connectivity index (χ0) is 19.8. The fourth-order valence-electron chi connectivity index (χ4n) is 2.23. The van der Waals surface area contributed by atoms with E-state index in [9.17, 15) is 9.59 Å². The maximum atomic E-state index is 12.4. The van der Waals surface area contributed by atoms with Crippen LogP contribution in [0.25, 0.3) is 0 Å². The first-order chi connectivity index (χ1) is 13.0. The monoisotopic (exact) mass is 391 g/mol. The Balaban J connectivity index is 2.08. The number of ether oxygens (including phenoxy) is 3. The molecule has 0 fully saturated rings. The first-order valence-electron chi connectivity index (χ1n) is 8.53. The van der Waals surface area contributed by atoms with Crippen molar-refractivity contribution in [1.29, 1.82) is 0 Å².